The van der Waals surface area contributed by atoms with E-state index in [-0.39, 0.29) is 24.5 Å². The van der Waals surface area contributed by atoms with Crippen LogP contribution in [0.1, 0.15) is 37.5 Å². The molecule has 0 atom stereocenters. The van der Waals surface area contributed by atoms with Crippen molar-refractivity contribution in [3.63, 3.8) is 0 Å². The van der Waals surface area contributed by atoms with Crippen molar-refractivity contribution < 1.29 is 9.59 Å². The molecule has 21 heavy (non-hydrogen) atoms. The summed E-state index contributed by atoms with van der Waals surface area (Å²) in [4.78, 5) is 30.9. The van der Waals surface area contributed by atoms with Crippen LogP contribution in [0.3, 0.4) is 0 Å². The van der Waals surface area contributed by atoms with E-state index in [1.165, 1.54) is 11.3 Å². The third-order valence-corrected chi connectivity index (χ3v) is 4.06. The van der Waals surface area contributed by atoms with Gasteiger partial charge in [0.25, 0.3) is 0 Å². The minimum absolute atomic E-state index is 0.0846. The summed E-state index contributed by atoms with van der Waals surface area (Å²) in [5, 5.41) is 6.20. The third-order valence-electron chi connectivity index (χ3n) is 3.24. The van der Waals surface area contributed by atoms with Gasteiger partial charge in [-0.2, -0.15) is 0 Å². The molecular formula is C14H22N4O2S. The maximum atomic E-state index is 12.1. The van der Waals surface area contributed by atoms with E-state index >= 15 is 0 Å². The van der Waals surface area contributed by atoms with Crippen LogP contribution in [0.15, 0.2) is 6.20 Å². The fraction of sp³-hybridized carbons (Fsp3) is 0.643. The summed E-state index contributed by atoms with van der Waals surface area (Å²) in [7, 11) is 0. The van der Waals surface area contributed by atoms with Gasteiger partial charge in [-0.3, -0.25) is 4.79 Å². The number of urea groups is 1. The van der Waals surface area contributed by atoms with Crippen molar-refractivity contribution in [2.45, 2.75) is 45.6 Å². The van der Waals surface area contributed by atoms with E-state index in [2.05, 4.69) is 22.5 Å². The summed E-state index contributed by atoms with van der Waals surface area (Å²) in [6.07, 6.45) is 5.66. The number of hydrogen-bond acceptors (Lipinski definition) is 4. The van der Waals surface area contributed by atoms with Crippen LogP contribution in [0.4, 0.5) is 9.93 Å². The molecule has 0 unspecified atom stereocenters. The van der Waals surface area contributed by atoms with Gasteiger partial charge in [0.15, 0.2) is 5.13 Å². The van der Waals surface area contributed by atoms with Gasteiger partial charge < -0.3 is 15.5 Å². The summed E-state index contributed by atoms with van der Waals surface area (Å²) in [6, 6.07) is 0.0619. The molecule has 1 aliphatic rings. The summed E-state index contributed by atoms with van der Waals surface area (Å²) >= 11 is 1.43. The summed E-state index contributed by atoms with van der Waals surface area (Å²) in [5.74, 6) is -0.193. The Labute approximate surface area is 128 Å². The highest BCUT2D eigenvalue weighted by atomic mass is 32.1. The quantitative estimate of drug-likeness (QED) is 0.759. The zero-order chi connectivity index (χ0) is 15.2. The van der Waals surface area contributed by atoms with Crippen LogP contribution in [0.5, 0.6) is 0 Å². The zero-order valence-electron chi connectivity index (χ0n) is 12.5. The lowest BCUT2D eigenvalue weighted by Gasteiger charge is -2.22. The van der Waals surface area contributed by atoms with E-state index in [0.717, 1.165) is 30.6 Å². The van der Waals surface area contributed by atoms with E-state index in [0.29, 0.717) is 11.7 Å². The van der Waals surface area contributed by atoms with Crippen LogP contribution in [-0.4, -0.2) is 41.0 Å². The van der Waals surface area contributed by atoms with Gasteiger partial charge in [0.05, 0.1) is 0 Å². The molecule has 116 valence electrons. The van der Waals surface area contributed by atoms with Gasteiger partial charge in [-0.05, 0) is 26.2 Å². The number of aromatic nitrogens is 1. The van der Waals surface area contributed by atoms with Crippen molar-refractivity contribution in [3.05, 3.63) is 11.1 Å². The van der Waals surface area contributed by atoms with Gasteiger partial charge in [-0.1, -0.05) is 13.3 Å². The van der Waals surface area contributed by atoms with E-state index in [1.54, 1.807) is 11.1 Å². The SMILES string of the molecule is CCCCNC(=O)N(CC(=O)Nc1ncc(C)s1)C1CC1. The lowest BCUT2D eigenvalue weighted by molar-refractivity contribution is -0.116. The predicted molar refractivity (Wildman–Crippen MR) is 83.5 cm³/mol. The Morgan fingerprint density at radius 1 is 1.48 bits per heavy atom. The molecule has 0 aliphatic heterocycles. The molecule has 0 bridgehead atoms. The molecule has 0 radical (unpaired) electrons. The number of aryl methyl sites for hydroxylation is 1. The highest BCUT2D eigenvalue weighted by Gasteiger charge is 2.33. The number of amides is 3. The lowest BCUT2D eigenvalue weighted by atomic mass is 10.3. The fourth-order valence-corrected chi connectivity index (χ4v) is 2.63. The number of unbranched alkanes of at least 4 members (excludes halogenated alkanes) is 1. The molecule has 2 rings (SSSR count). The predicted octanol–water partition coefficient (Wildman–Crippen LogP) is 2.36. The number of carbonyl (C=O) groups excluding carboxylic acids is 2. The monoisotopic (exact) mass is 310 g/mol. The number of carbonyl (C=O) groups is 2. The van der Waals surface area contributed by atoms with Gasteiger partial charge in [-0.15, -0.1) is 11.3 Å². The standard InChI is InChI=1S/C14H22N4O2S/c1-3-4-7-15-14(20)18(11-5-6-11)9-12(19)17-13-16-8-10(2)21-13/h8,11H,3-7,9H2,1-2H3,(H,15,20)(H,16,17,19). The molecule has 1 fully saturated rings. The van der Waals surface area contributed by atoms with Gasteiger partial charge in [0.1, 0.15) is 6.54 Å². The Bertz CT molecular complexity index is 499. The summed E-state index contributed by atoms with van der Waals surface area (Å²) in [6.45, 7) is 4.76. The molecule has 2 N–H and O–H groups in total. The molecule has 0 saturated heterocycles. The van der Waals surface area contributed by atoms with Crippen molar-refractivity contribution in [3.8, 4) is 0 Å². The van der Waals surface area contributed by atoms with Crippen LogP contribution >= 0.6 is 11.3 Å². The molecule has 1 aromatic heterocycles. The molecule has 1 saturated carbocycles. The number of hydrogen-bond donors (Lipinski definition) is 2. The molecule has 6 nitrogen and oxygen atoms in total. The number of thiazole rings is 1. The van der Waals surface area contributed by atoms with Gasteiger partial charge >= 0.3 is 6.03 Å². The number of nitrogens with zero attached hydrogens (tertiary/aromatic N) is 2. The van der Waals surface area contributed by atoms with E-state index < -0.39 is 0 Å². The van der Waals surface area contributed by atoms with Gasteiger partial charge in [0, 0.05) is 23.7 Å². The molecule has 0 spiro atoms. The number of rotatable bonds is 7. The van der Waals surface area contributed by atoms with Crippen LogP contribution < -0.4 is 10.6 Å². The molecule has 0 aromatic carbocycles. The van der Waals surface area contributed by atoms with E-state index in [9.17, 15) is 9.59 Å². The first kappa shape index (κ1) is 15.8. The first-order chi connectivity index (χ1) is 10.1. The van der Waals surface area contributed by atoms with Crippen molar-refractivity contribution >= 4 is 28.4 Å². The Hall–Kier alpha value is -1.63. The van der Waals surface area contributed by atoms with Crippen LogP contribution in [-0.2, 0) is 4.79 Å². The summed E-state index contributed by atoms with van der Waals surface area (Å²) < 4.78 is 0. The average Bonchev–Trinajstić information content (AvgIpc) is 3.20. The fourth-order valence-electron chi connectivity index (χ4n) is 1.95. The lowest BCUT2D eigenvalue weighted by Crippen LogP contribution is -2.45. The normalized spacial score (nSPS) is 13.8. The maximum absolute atomic E-state index is 12.1. The van der Waals surface area contributed by atoms with E-state index in [4.69, 9.17) is 0 Å². The molecule has 3 amide bonds. The van der Waals surface area contributed by atoms with Gasteiger partial charge in [0.2, 0.25) is 5.91 Å². The smallest absolute Gasteiger partial charge is 0.318 e. The second-order valence-electron chi connectivity index (χ2n) is 5.27. The number of nitrogens with one attached hydrogen (secondary N) is 2. The van der Waals surface area contributed by atoms with Gasteiger partial charge in [-0.25, -0.2) is 9.78 Å². The highest BCUT2D eigenvalue weighted by Crippen LogP contribution is 2.26. The average molecular weight is 310 g/mol. The molecule has 7 heteroatoms. The maximum Gasteiger partial charge on any atom is 0.318 e. The molecule has 1 aliphatic carbocycles. The minimum Gasteiger partial charge on any atom is -0.338 e. The number of anilines is 1. The first-order valence-electron chi connectivity index (χ1n) is 7.37. The van der Waals surface area contributed by atoms with Crippen LogP contribution in [0, 0.1) is 6.92 Å². The highest BCUT2D eigenvalue weighted by molar-refractivity contribution is 7.15. The Kier molecular flexibility index (Phi) is 5.55. The first-order valence-corrected chi connectivity index (χ1v) is 8.18. The molecular weight excluding hydrogens is 288 g/mol. The van der Waals surface area contributed by atoms with Crippen molar-refractivity contribution in [2.24, 2.45) is 0 Å². The molecule has 1 aromatic rings. The molecule has 1 heterocycles. The summed E-state index contributed by atoms with van der Waals surface area (Å²) in [5.41, 5.74) is 0. The topological polar surface area (TPSA) is 74.3 Å². The second kappa shape index (κ2) is 7.40. The van der Waals surface area contributed by atoms with Crippen LogP contribution in [0.25, 0.3) is 0 Å². The van der Waals surface area contributed by atoms with Crippen molar-refractivity contribution in [1.29, 1.82) is 0 Å². The van der Waals surface area contributed by atoms with Crippen molar-refractivity contribution in [1.82, 2.24) is 15.2 Å². The largest absolute Gasteiger partial charge is 0.338 e. The Balaban J connectivity index is 1.84. The third kappa shape index (κ3) is 5.00. The Morgan fingerprint density at radius 3 is 2.81 bits per heavy atom. The minimum atomic E-state index is -0.193. The van der Waals surface area contributed by atoms with Crippen molar-refractivity contribution in [2.75, 3.05) is 18.4 Å². The van der Waals surface area contributed by atoms with E-state index in [1.807, 2.05) is 6.92 Å². The van der Waals surface area contributed by atoms with Crippen LogP contribution in [0.2, 0.25) is 0 Å². The second-order valence-corrected chi connectivity index (χ2v) is 6.50. The zero-order valence-corrected chi connectivity index (χ0v) is 13.3. The Morgan fingerprint density at radius 2 is 2.24 bits per heavy atom.